The SMILES string of the molecule is CC1(O)CC2C(O)CC1(C)C2(C)C. The highest BCUT2D eigenvalue weighted by atomic mass is 16.3. The van der Waals surface area contributed by atoms with Gasteiger partial charge in [0.25, 0.3) is 0 Å². The topological polar surface area (TPSA) is 40.5 Å². The summed E-state index contributed by atoms with van der Waals surface area (Å²) in [5.41, 5.74) is -0.652. The van der Waals surface area contributed by atoms with Crippen molar-refractivity contribution in [2.75, 3.05) is 0 Å². The molecule has 0 heterocycles. The molecule has 2 saturated carbocycles. The van der Waals surface area contributed by atoms with Crippen LogP contribution in [0.25, 0.3) is 0 Å². The number of hydrogen-bond donors (Lipinski definition) is 2. The quantitative estimate of drug-likeness (QED) is 0.599. The molecule has 2 aliphatic rings. The van der Waals surface area contributed by atoms with Crippen LogP contribution in [0.1, 0.15) is 40.5 Å². The summed E-state index contributed by atoms with van der Waals surface area (Å²) in [5.74, 6) is 0.271. The average Bonchev–Trinajstić information content (AvgIpc) is 2.17. The number of rotatable bonds is 0. The van der Waals surface area contributed by atoms with E-state index in [4.69, 9.17) is 0 Å². The fourth-order valence-electron chi connectivity index (χ4n) is 3.67. The van der Waals surface area contributed by atoms with Gasteiger partial charge in [-0.3, -0.25) is 0 Å². The summed E-state index contributed by atoms with van der Waals surface area (Å²) in [6.07, 6.45) is 1.29. The molecule has 2 aliphatic carbocycles. The predicted octanol–water partition coefficient (Wildman–Crippen LogP) is 1.55. The Morgan fingerprint density at radius 2 is 1.62 bits per heavy atom. The molecule has 0 saturated heterocycles. The van der Waals surface area contributed by atoms with Crippen LogP contribution in [0.15, 0.2) is 0 Å². The molecule has 2 heteroatoms. The molecule has 0 aliphatic heterocycles. The van der Waals surface area contributed by atoms with Crippen LogP contribution in [0.5, 0.6) is 0 Å². The molecule has 4 unspecified atom stereocenters. The van der Waals surface area contributed by atoms with Crippen molar-refractivity contribution in [3.8, 4) is 0 Å². The van der Waals surface area contributed by atoms with Crippen LogP contribution in [-0.2, 0) is 0 Å². The van der Waals surface area contributed by atoms with Crippen molar-refractivity contribution < 1.29 is 10.2 Å². The molecule has 2 nitrogen and oxygen atoms in total. The Kier molecular flexibility index (Phi) is 1.54. The largest absolute Gasteiger partial charge is 0.393 e. The highest BCUT2D eigenvalue weighted by Gasteiger charge is 2.69. The van der Waals surface area contributed by atoms with E-state index in [9.17, 15) is 10.2 Å². The maximum absolute atomic E-state index is 10.3. The summed E-state index contributed by atoms with van der Waals surface area (Å²) < 4.78 is 0. The number of hydrogen-bond acceptors (Lipinski definition) is 2. The van der Waals surface area contributed by atoms with Gasteiger partial charge in [0, 0.05) is 5.41 Å². The van der Waals surface area contributed by atoms with Crippen LogP contribution in [0.3, 0.4) is 0 Å². The fourth-order valence-corrected chi connectivity index (χ4v) is 3.67. The second kappa shape index (κ2) is 2.12. The van der Waals surface area contributed by atoms with Gasteiger partial charge in [0.05, 0.1) is 11.7 Å². The van der Waals surface area contributed by atoms with Crippen molar-refractivity contribution in [3.05, 3.63) is 0 Å². The van der Waals surface area contributed by atoms with Gasteiger partial charge in [-0.25, -0.2) is 0 Å². The Morgan fingerprint density at radius 3 is 1.85 bits per heavy atom. The molecular formula is C11H20O2. The maximum Gasteiger partial charge on any atom is 0.0683 e. The van der Waals surface area contributed by atoms with E-state index in [0.717, 1.165) is 12.8 Å². The Bertz CT molecular complexity index is 244. The summed E-state index contributed by atoms with van der Waals surface area (Å²) in [7, 11) is 0. The Hall–Kier alpha value is -0.0800. The molecular weight excluding hydrogens is 164 g/mol. The Morgan fingerprint density at radius 1 is 1.08 bits per heavy atom. The zero-order valence-electron chi connectivity index (χ0n) is 8.96. The zero-order chi connectivity index (χ0) is 10.1. The molecule has 2 rings (SSSR count). The van der Waals surface area contributed by atoms with E-state index in [1.165, 1.54) is 0 Å². The lowest BCUT2D eigenvalue weighted by molar-refractivity contribution is -0.0885. The maximum atomic E-state index is 10.3. The van der Waals surface area contributed by atoms with Crippen molar-refractivity contribution in [2.24, 2.45) is 16.7 Å². The molecule has 0 aromatic heterocycles. The van der Waals surface area contributed by atoms with Crippen molar-refractivity contribution in [3.63, 3.8) is 0 Å². The minimum atomic E-state index is -0.597. The zero-order valence-corrected chi connectivity index (χ0v) is 8.96. The highest BCUT2D eigenvalue weighted by Crippen LogP contribution is 2.69. The van der Waals surface area contributed by atoms with Crippen molar-refractivity contribution in [1.29, 1.82) is 0 Å². The third kappa shape index (κ3) is 0.816. The summed E-state index contributed by atoms with van der Waals surface area (Å²) in [6, 6.07) is 0. The minimum absolute atomic E-state index is 0.0654. The molecule has 2 N–H and O–H groups in total. The van der Waals surface area contributed by atoms with Crippen LogP contribution in [-0.4, -0.2) is 21.9 Å². The van der Waals surface area contributed by atoms with Crippen molar-refractivity contribution >= 4 is 0 Å². The molecule has 0 aromatic rings. The molecule has 0 radical (unpaired) electrons. The minimum Gasteiger partial charge on any atom is -0.393 e. The summed E-state index contributed by atoms with van der Waals surface area (Å²) >= 11 is 0. The first-order chi connectivity index (χ1) is 5.72. The van der Waals surface area contributed by atoms with E-state index < -0.39 is 5.60 Å². The summed E-state index contributed by atoms with van der Waals surface area (Å²) in [6.45, 7) is 8.38. The lowest BCUT2D eigenvalue weighted by atomic mass is 9.65. The van der Waals surface area contributed by atoms with Crippen LogP contribution < -0.4 is 0 Å². The van der Waals surface area contributed by atoms with Gasteiger partial charge in [-0.1, -0.05) is 20.8 Å². The van der Waals surface area contributed by atoms with E-state index in [0.29, 0.717) is 0 Å². The molecule has 2 fully saturated rings. The number of aliphatic hydroxyl groups excluding tert-OH is 1. The van der Waals surface area contributed by atoms with E-state index in [-0.39, 0.29) is 22.9 Å². The van der Waals surface area contributed by atoms with Crippen LogP contribution in [0.2, 0.25) is 0 Å². The monoisotopic (exact) mass is 184 g/mol. The smallest absolute Gasteiger partial charge is 0.0683 e. The molecule has 13 heavy (non-hydrogen) atoms. The first-order valence-electron chi connectivity index (χ1n) is 5.13. The second-order valence-electron chi connectivity index (χ2n) is 5.91. The van der Waals surface area contributed by atoms with Crippen molar-refractivity contribution in [2.45, 2.75) is 52.2 Å². The Labute approximate surface area is 80.0 Å². The molecule has 4 atom stereocenters. The first-order valence-corrected chi connectivity index (χ1v) is 5.13. The summed E-state index contributed by atoms with van der Waals surface area (Å²) in [5, 5.41) is 20.1. The van der Waals surface area contributed by atoms with Gasteiger partial charge in [-0.05, 0) is 31.1 Å². The normalized spacial score (nSPS) is 58.6. The van der Waals surface area contributed by atoms with E-state index in [2.05, 4.69) is 20.8 Å². The molecule has 0 aromatic carbocycles. The third-order valence-corrected chi connectivity index (χ3v) is 5.24. The highest BCUT2D eigenvalue weighted by molar-refractivity contribution is 5.19. The number of fused-ring (bicyclic) bond motifs is 2. The standard InChI is InChI=1S/C11H20O2/c1-9(2)7-5-11(4,13)10(9,3)6-8(7)12/h7-8,12-13H,5-6H2,1-4H3. The van der Waals surface area contributed by atoms with Gasteiger partial charge in [0.1, 0.15) is 0 Å². The third-order valence-electron chi connectivity index (χ3n) is 5.24. The van der Waals surface area contributed by atoms with Gasteiger partial charge in [-0.2, -0.15) is 0 Å². The van der Waals surface area contributed by atoms with E-state index in [1.807, 2.05) is 6.92 Å². The van der Waals surface area contributed by atoms with Gasteiger partial charge in [0.2, 0.25) is 0 Å². The molecule has 2 bridgehead atoms. The second-order valence-corrected chi connectivity index (χ2v) is 5.91. The van der Waals surface area contributed by atoms with Gasteiger partial charge in [-0.15, -0.1) is 0 Å². The van der Waals surface area contributed by atoms with Gasteiger partial charge >= 0.3 is 0 Å². The van der Waals surface area contributed by atoms with Crippen molar-refractivity contribution in [1.82, 2.24) is 0 Å². The van der Waals surface area contributed by atoms with Gasteiger partial charge in [0.15, 0.2) is 0 Å². The fraction of sp³-hybridized carbons (Fsp3) is 1.00. The van der Waals surface area contributed by atoms with Crippen LogP contribution in [0.4, 0.5) is 0 Å². The molecule has 0 amide bonds. The lowest BCUT2D eigenvalue weighted by Crippen LogP contribution is -2.45. The van der Waals surface area contributed by atoms with Gasteiger partial charge < -0.3 is 10.2 Å². The average molecular weight is 184 g/mol. The molecule has 76 valence electrons. The van der Waals surface area contributed by atoms with E-state index >= 15 is 0 Å². The molecule has 0 spiro atoms. The first kappa shape index (κ1) is 9.47. The Balaban J connectivity index is 2.48. The van der Waals surface area contributed by atoms with E-state index in [1.54, 1.807) is 0 Å². The van der Waals surface area contributed by atoms with Crippen LogP contribution in [0, 0.1) is 16.7 Å². The predicted molar refractivity (Wildman–Crippen MR) is 51.2 cm³/mol. The van der Waals surface area contributed by atoms with Crippen LogP contribution >= 0.6 is 0 Å². The summed E-state index contributed by atoms with van der Waals surface area (Å²) in [4.78, 5) is 0. The lowest BCUT2D eigenvalue weighted by Gasteiger charge is -2.43. The number of aliphatic hydroxyl groups is 2.